The number of morpholine rings is 1. The van der Waals surface area contributed by atoms with Gasteiger partial charge in [0, 0.05) is 42.4 Å². The first-order valence-electron chi connectivity index (χ1n) is 10.9. The zero-order valence-corrected chi connectivity index (χ0v) is 20.3. The largest absolute Gasteiger partial charge is 0.459 e. The van der Waals surface area contributed by atoms with Crippen LogP contribution >= 0.6 is 28.1 Å². The molecule has 0 spiro atoms. The van der Waals surface area contributed by atoms with E-state index in [-0.39, 0.29) is 17.9 Å². The molecule has 3 aromatic rings. The normalized spacial score (nSPS) is 21.4. The lowest BCUT2D eigenvalue weighted by Gasteiger charge is -2.31. The van der Waals surface area contributed by atoms with E-state index in [0.29, 0.717) is 15.3 Å². The number of pyridine rings is 1. The second kappa shape index (κ2) is 9.89. The second-order valence-electron chi connectivity index (χ2n) is 8.10. The molecule has 172 valence electrons. The van der Waals surface area contributed by atoms with Gasteiger partial charge in [0.15, 0.2) is 5.11 Å². The van der Waals surface area contributed by atoms with E-state index in [1.165, 1.54) is 12.1 Å². The van der Waals surface area contributed by atoms with Gasteiger partial charge in [-0.2, -0.15) is 0 Å². The summed E-state index contributed by atoms with van der Waals surface area (Å²) in [4.78, 5) is 9.15. The Labute approximate surface area is 205 Å². The Balaban J connectivity index is 1.45. The fourth-order valence-corrected chi connectivity index (χ4v) is 5.25. The Kier molecular flexibility index (Phi) is 6.73. The SMILES string of the molecule is Fc1ccc(-c2ccc([C@H]3[C@H](c4ccccn4)NC(=S)N3CCN3CCOCC3)o2)c(Br)c1. The number of nitrogens with zero attached hydrogens (tertiary/aromatic N) is 3. The van der Waals surface area contributed by atoms with Gasteiger partial charge in [-0.1, -0.05) is 6.07 Å². The first kappa shape index (κ1) is 22.5. The predicted octanol–water partition coefficient (Wildman–Crippen LogP) is 4.55. The topological polar surface area (TPSA) is 53.8 Å². The van der Waals surface area contributed by atoms with Gasteiger partial charge in [0.25, 0.3) is 0 Å². The molecule has 6 nitrogen and oxygen atoms in total. The Morgan fingerprint density at radius 1 is 1.12 bits per heavy atom. The highest BCUT2D eigenvalue weighted by Crippen LogP contribution is 2.41. The highest BCUT2D eigenvalue weighted by molar-refractivity contribution is 9.10. The van der Waals surface area contributed by atoms with Gasteiger partial charge in [-0.25, -0.2) is 4.39 Å². The van der Waals surface area contributed by atoms with Gasteiger partial charge in [-0.05, 0) is 70.6 Å². The Morgan fingerprint density at radius 2 is 1.97 bits per heavy atom. The molecule has 1 N–H and O–H groups in total. The van der Waals surface area contributed by atoms with Gasteiger partial charge in [-0.3, -0.25) is 9.88 Å². The molecule has 0 saturated carbocycles. The smallest absolute Gasteiger partial charge is 0.170 e. The number of aromatic nitrogens is 1. The quantitative estimate of drug-likeness (QED) is 0.469. The molecule has 2 aliphatic rings. The molecule has 0 aliphatic carbocycles. The van der Waals surface area contributed by atoms with Gasteiger partial charge >= 0.3 is 0 Å². The van der Waals surface area contributed by atoms with Crippen LogP contribution in [0, 0.1) is 5.82 Å². The van der Waals surface area contributed by atoms with Crippen LogP contribution in [0.3, 0.4) is 0 Å². The van der Waals surface area contributed by atoms with Crippen LogP contribution in [0.5, 0.6) is 0 Å². The number of nitrogens with one attached hydrogen (secondary N) is 1. The highest BCUT2D eigenvalue weighted by Gasteiger charge is 2.41. The summed E-state index contributed by atoms with van der Waals surface area (Å²) in [6.07, 6.45) is 1.79. The Bertz CT molecular complexity index is 1120. The number of furan rings is 1. The third kappa shape index (κ3) is 4.82. The van der Waals surface area contributed by atoms with Crippen molar-refractivity contribution < 1.29 is 13.5 Å². The number of hydrogen-bond donors (Lipinski definition) is 1. The molecule has 0 amide bonds. The average Bonchev–Trinajstić information content (AvgIpc) is 3.43. The summed E-state index contributed by atoms with van der Waals surface area (Å²) < 4.78 is 26.0. The predicted molar refractivity (Wildman–Crippen MR) is 131 cm³/mol. The lowest BCUT2D eigenvalue weighted by Crippen LogP contribution is -2.42. The van der Waals surface area contributed by atoms with E-state index < -0.39 is 0 Å². The lowest BCUT2D eigenvalue weighted by atomic mass is 10.0. The van der Waals surface area contributed by atoms with Crippen molar-refractivity contribution in [1.82, 2.24) is 20.1 Å². The second-order valence-corrected chi connectivity index (χ2v) is 9.34. The lowest BCUT2D eigenvalue weighted by molar-refractivity contribution is 0.0347. The van der Waals surface area contributed by atoms with Crippen molar-refractivity contribution in [3.8, 4) is 11.3 Å². The number of benzene rings is 1. The molecule has 2 fully saturated rings. The number of halogens is 2. The van der Waals surface area contributed by atoms with E-state index in [1.807, 2.05) is 30.3 Å². The van der Waals surface area contributed by atoms with Gasteiger partial charge in [0.2, 0.25) is 0 Å². The molecule has 2 aromatic heterocycles. The fraction of sp³-hybridized carbons (Fsp3) is 0.333. The Hall–Kier alpha value is -2.33. The first-order chi connectivity index (χ1) is 16.1. The van der Waals surface area contributed by atoms with Crippen molar-refractivity contribution in [2.45, 2.75) is 12.1 Å². The van der Waals surface area contributed by atoms with Crippen LogP contribution in [0.1, 0.15) is 23.5 Å². The van der Waals surface area contributed by atoms with Gasteiger partial charge in [-0.15, -0.1) is 0 Å². The van der Waals surface area contributed by atoms with Gasteiger partial charge in [0.05, 0.1) is 24.9 Å². The van der Waals surface area contributed by atoms with E-state index in [0.717, 1.165) is 56.4 Å². The number of thiocarbonyl (C=S) groups is 1. The third-order valence-electron chi connectivity index (χ3n) is 6.07. The minimum Gasteiger partial charge on any atom is -0.459 e. The molecule has 0 radical (unpaired) electrons. The molecule has 0 bridgehead atoms. The molecular weight excluding hydrogens is 507 g/mol. The van der Waals surface area contributed by atoms with E-state index in [4.69, 9.17) is 21.4 Å². The molecule has 0 unspecified atom stereocenters. The van der Waals surface area contributed by atoms with Crippen LogP contribution in [0.4, 0.5) is 4.39 Å². The monoisotopic (exact) mass is 530 g/mol. The maximum Gasteiger partial charge on any atom is 0.170 e. The third-order valence-corrected chi connectivity index (χ3v) is 7.08. The number of ether oxygens (including phenoxy) is 1. The van der Waals surface area contributed by atoms with Crippen LogP contribution in [-0.4, -0.2) is 59.3 Å². The summed E-state index contributed by atoms with van der Waals surface area (Å²) in [5, 5.41) is 4.14. The molecule has 2 aliphatic heterocycles. The number of rotatable bonds is 6. The highest BCUT2D eigenvalue weighted by atomic mass is 79.9. The maximum absolute atomic E-state index is 13.6. The van der Waals surface area contributed by atoms with Crippen LogP contribution in [0.25, 0.3) is 11.3 Å². The van der Waals surface area contributed by atoms with Gasteiger partial charge in [0.1, 0.15) is 23.4 Å². The Morgan fingerprint density at radius 3 is 2.73 bits per heavy atom. The van der Waals surface area contributed by atoms with E-state index in [2.05, 4.69) is 36.0 Å². The summed E-state index contributed by atoms with van der Waals surface area (Å²) in [6, 6.07) is 14.1. The van der Waals surface area contributed by atoms with E-state index >= 15 is 0 Å². The first-order valence-corrected chi connectivity index (χ1v) is 12.1. The fourth-order valence-electron chi connectivity index (χ4n) is 4.38. The van der Waals surface area contributed by atoms with Crippen molar-refractivity contribution in [3.63, 3.8) is 0 Å². The van der Waals surface area contributed by atoms with Crippen LogP contribution < -0.4 is 5.32 Å². The van der Waals surface area contributed by atoms with Crippen molar-refractivity contribution in [2.75, 3.05) is 39.4 Å². The molecule has 4 heterocycles. The standard InChI is InChI=1S/C24H24BrFN4O2S/c25-18-15-16(26)4-5-17(18)20-6-7-21(32-20)23-22(19-3-1-2-8-27-19)28-24(33)30(23)10-9-29-11-13-31-14-12-29/h1-8,15,22-23H,9-14H2,(H,28,33)/t22-,23-/m0/s1. The summed E-state index contributed by atoms with van der Waals surface area (Å²) in [6.45, 7) is 5.01. The van der Waals surface area contributed by atoms with Crippen molar-refractivity contribution in [1.29, 1.82) is 0 Å². The average molecular weight is 531 g/mol. The van der Waals surface area contributed by atoms with Crippen molar-refractivity contribution in [2.24, 2.45) is 0 Å². The zero-order valence-electron chi connectivity index (χ0n) is 17.9. The summed E-state index contributed by atoms with van der Waals surface area (Å²) in [7, 11) is 0. The summed E-state index contributed by atoms with van der Waals surface area (Å²) >= 11 is 9.20. The van der Waals surface area contributed by atoms with Gasteiger partial charge < -0.3 is 19.4 Å². The van der Waals surface area contributed by atoms with E-state index in [1.54, 1.807) is 12.3 Å². The molecule has 33 heavy (non-hydrogen) atoms. The minimum atomic E-state index is -0.299. The zero-order chi connectivity index (χ0) is 22.8. The molecule has 2 atom stereocenters. The summed E-state index contributed by atoms with van der Waals surface area (Å²) in [5.41, 5.74) is 1.70. The number of hydrogen-bond acceptors (Lipinski definition) is 5. The van der Waals surface area contributed by atoms with Crippen molar-refractivity contribution >= 4 is 33.3 Å². The molecule has 1 aromatic carbocycles. The van der Waals surface area contributed by atoms with Crippen LogP contribution in [-0.2, 0) is 4.74 Å². The minimum absolute atomic E-state index is 0.140. The van der Waals surface area contributed by atoms with E-state index in [9.17, 15) is 4.39 Å². The molecule has 5 rings (SSSR count). The van der Waals surface area contributed by atoms with Crippen molar-refractivity contribution in [3.05, 3.63) is 76.5 Å². The molecular formula is C24H24BrFN4O2S. The molecule has 2 saturated heterocycles. The van der Waals surface area contributed by atoms with Crippen LogP contribution in [0.15, 0.2) is 63.6 Å². The molecule has 9 heteroatoms. The van der Waals surface area contributed by atoms with Crippen LogP contribution in [0.2, 0.25) is 0 Å². The maximum atomic E-state index is 13.6. The summed E-state index contributed by atoms with van der Waals surface area (Å²) in [5.74, 6) is 1.15.